The van der Waals surface area contributed by atoms with E-state index in [2.05, 4.69) is 30.9 Å². The molecular formula is C23H26FN7O2S2. The number of likely N-dealkylation sites (tertiary alicyclic amines) is 1. The average molecular weight is 516 g/mol. The van der Waals surface area contributed by atoms with Gasteiger partial charge in [0.2, 0.25) is 0 Å². The van der Waals surface area contributed by atoms with Gasteiger partial charge in [-0.1, -0.05) is 0 Å². The van der Waals surface area contributed by atoms with E-state index in [-0.39, 0.29) is 11.9 Å². The molecule has 5 rings (SSSR count). The number of aliphatic hydroxyl groups is 1. The Morgan fingerprint density at radius 2 is 2.17 bits per heavy atom. The fourth-order valence-corrected chi connectivity index (χ4v) is 6.02. The Kier molecular flexibility index (Phi) is 7.42. The van der Waals surface area contributed by atoms with E-state index in [0.717, 1.165) is 46.4 Å². The molecule has 2 aliphatic rings. The van der Waals surface area contributed by atoms with Crippen molar-refractivity contribution >= 4 is 45.8 Å². The summed E-state index contributed by atoms with van der Waals surface area (Å²) in [6.45, 7) is 2.34. The molecule has 4 heterocycles. The third-order valence-electron chi connectivity index (χ3n) is 5.85. The highest BCUT2D eigenvalue weighted by Gasteiger charge is 2.21. The number of hydrogen-bond donors (Lipinski definition) is 4. The van der Waals surface area contributed by atoms with Gasteiger partial charge in [-0.25, -0.2) is 24.1 Å². The number of thioether (sulfide) groups is 1. The number of aryl methyl sites for hydroxylation is 1. The largest absolute Gasteiger partial charge is 0.392 e. The third-order valence-corrected chi connectivity index (χ3v) is 7.94. The van der Waals surface area contributed by atoms with E-state index in [1.165, 1.54) is 23.5 Å². The maximum atomic E-state index is 14.2. The van der Waals surface area contributed by atoms with Crippen LogP contribution in [0.2, 0.25) is 0 Å². The van der Waals surface area contributed by atoms with E-state index in [1.807, 2.05) is 4.90 Å². The number of aliphatic hydroxyl groups excluding tert-OH is 1. The van der Waals surface area contributed by atoms with Crippen LogP contribution in [0.3, 0.4) is 0 Å². The number of carbonyl (C=O) groups excluding carboxylic acids is 1. The minimum Gasteiger partial charge on any atom is -0.392 e. The van der Waals surface area contributed by atoms with E-state index >= 15 is 0 Å². The summed E-state index contributed by atoms with van der Waals surface area (Å²) >= 11 is 3.18. The molecule has 2 aromatic heterocycles. The number of carbonyl (C=O) groups is 1. The van der Waals surface area contributed by atoms with E-state index in [0.29, 0.717) is 42.4 Å². The number of urea groups is 1. The van der Waals surface area contributed by atoms with Gasteiger partial charge in [-0.2, -0.15) is 0 Å². The van der Waals surface area contributed by atoms with Crippen molar-refractivity contribution < 1.29 is 14.3 Å². The zero-order valence-electron chi connectivity index (χ0n) is 19.0. The first-order valence-corrected chi connectivity index (χ1v) is 13.3. The lowest BCUT2D eigenvalue weighted by Gasteiger charge is -2.16. The van der Waals surface area contributed by atoms with Crippen LogP contribution in [0.15, 0.2) is 35.6 Å². The van der Waals surface area contributed by atoms with Crippen LogP contribution in [0, 0.1) is 5.82 Å². The highest BCUT2D eigenvalue weighted by Crippen LogP contribution is 2.34. The molecule has 0 saturated carbocycles. The molecule has 0 spiro atoms. The van der Waals surface area contributed by atoms with Gasteiger partial charge in [0.15, 0.2) is 5.13 Å². The summed E-state index contributed by atoms with van der Waals surface area (Å²) in [5, 5.41) is 19.0. The van der Waals surface area contributed by atoms with Crippen molar-refractivity contribution in [2.24, 2.45) is 0 Å². The van der Waals surface area contributed by atoms with Crippen LogP contribution in [0.5, 0.6) is 0 Å². The van der Waals surface area contributed by atoms with Crippen molar-refractivity contribution in [1.29, 1.82) is 0 Å². The molecule has 2 aliphatic heterocycles. The van der Waals surface area contributed by atoms with Gasteiger partial charge in [-0.3, -0.25) is 10.2 Å². The molecule has 1 fully saturated rings. The Morgan fingerprint density at radius 1 is 1.26 bits per heavy atom. The zero-order valence-corrected chi connectivity index (χ0v) is 20.6. The zero-order chi connectivity index (χ0) is 24.2. The summed E-state index contributed by atoms with van der Waals surface area (Å²) in [4.78, 5) is 29.6. The molecule has 3 aromatic rings. The first-order chi connectivity index (χ1) is 17.0. The minimum atomic E-state index is -0.438. The molecule has 0 aliphatic carbocycles. The Morgan fingerprint density at radius 3 is 3.03 bits per heavy atom. The molecule has 1 atom stereocenters. The van der Waals surface area contributed by atoms with Crippen LogP contribution in [0.25, 0.3) is 0 Å². The number of nitrogens with one attached hydrogen (secondary N) is 3. The van der Waals surface area contributed by atoms with Crippen LogP contribution >= 0.6 is 23.1 Å². The second-order valence-corrected chi connectivity index (χ2v) is 10.7. The number of hydrogen-bond acceptors (Lipinski definition) is 9. The Balaban J connectivity index is 1.11. The molecule has 9 nitrogen and oxygen atoms in total. The number of rotatable bonds is 8. The third kappa shape index (κ3) is 6.07. The van der Waals surface area contributed by atoms with Gasteiger partial charge in [0.25, 0.3) is 0 Å². The van der Waals surface area contributed by atoms with Crippen molar-refractivity contribution in [3.05, 3.63) is 52.7 Å². The Hall–Kier alpha value is -2.80. The summed E-state index contributed by atoms with van der Waals surface area (Å²) in [5.41, 5.74) is 2.08. The van der Waals surface area contributed by atoms with E-state index < -0.39 is 6.03 Å². The molecular weight excluding hydrogens is 489 g/mol. The highest BCUT2D eigenvalue weighted by molar-refractivity contribution is 7.99. The number of benzene rings is 1. The van der Waals surface area contributed by atoms with E-state index in [1.54, 1.807) is 30.4 Å². The standard InChI is InChI=1S/C23H26FN7O2S2/c24-18-2-1-15(9-14(18)11-31-7-4-16(32)12-31)29-22(33)30-23-26-10-17(35-23)3-6-25-21-20-19(5-8-34-20)27-13-28-21/h1-2,9-10,13,16,32H,3-8,11-12H2,(H,25,27,28)(H2,26,29,30,33)/t16-/m1/s1. The summed E-state index contributed by atoms with van der Waals surface area (Å²) in [6.07, 6.45) is 5.40. The monoisotopic (exact) mass is 515 g/mol. The fraction of sp³-hybridized carbons (Fsp3) is 0.391. The lowest BCUT2D eigenvalue weighted by Crippen LogP contribution is -2.23. The Labute approximate surface area is 210 Å². The molecule has 35 heavy (non-hydrogen) atoms. The summed E-state index contributed by atoms with van der Waals surface area (Å²) in [6, 6.07) is 4.06. The maximum absolute atomic E-state index is 14.2. The number of thiazole rings is 1. The molecule has 0 unspecified atom stereocenters. The van der Waals surface area contributed by atoms with Crippen molar-refractivity contribution in [1.82, 2.24) is 19.9 Å². The molecule has 4 N–H and O–H groups in total. The number of anilines is 3. The Bertz CT molecular complexity index is 1210. The normalized spacial score (nSPS) is 17.4. The first-order valence-electron chi connectivity index (χ1n) is 11.5. The van der Waals surface area contributed by atoms with Gasteiger partial charge >= 0.3 is 6.03 Å². The molecule has 184 valence electrons. The first kappa shape index (κ1) is 23.9. The number of halogens is 1. The van der Waals surface area contributed by atoms with Gasteiger partial charge in [-0.15, -0.1) is 23.1 Å². The fourth-order valence-electron chi connectivity index (χ4n) is 4.13. The molecule has 12 heteroatoms. The number of nitrogens with zero attached hydrogens (tertiary/aromatic N) is 4. The molecule has 1 aromatic carbocycles. The number of β-amino-alcohol motifs (C(OH)–C–C–N with tert-alkyl or cyclic N) is 1. The van der Waals surface area contributed by atoms with E-state index in [4.69, 9.17) is 0 Å². The predicted molar refractivity (Wildman–Crippen MR) is 136 cm³/mol. The topological polar surface area (TPSA) is 115 Å². The highest BCUT2D eigenvalue weighted by atomic mass is 32.2. The maximum Gasteiger partial charge on any atom is 0.325 e. The van der Waals surface area contributed by atoms with Crippen molar-refractivity contribution in [3.8, 4) is 0 Å². The summed E-state index contributed by atoms with van der Waals surface area (Å²) in [5.74, 6) is 1.58. The van der Waals surface area contributed by atoms with Crippen LogP contribution in [-0.4, -0.2) is 62.5 Å². The number of fused-ring (bicyclic) bond motifs is 1. The SMILES string of the molecule is O=C(Nc1ccc(F)c(CN2CC[C@@H](O)C2)c1)Nc1ncc(CCNc2ncnc3c2SCC3)s1. The van der Waals surface area contributed by atoms with Crippen molar-refractivity contribution in [2.45, 2.75) is 36.8 Å². The smallest absolute Gasteiger partial charge is 0.325 e. The quantitative estimate of drug-likeness (QED) is 0.360. The van der Waals surface area contributed by atoms with Crippen LogP contribution in [0.1, 0.15) is 22.6 Å². The van der Waals surface area contributed by atoms with Gasteiger partial charge in [0.05, 0.1) is 16.7 Å². The minimum absolute atomic E-state index is 0.332. The average Bonchev–Trinajstić information content (AvgIpc) is 3.58. The number of amides is 2. The van der Waals surface area contributed by atoms with Gasteiger partial charge < -0.3 is 15.7 Å². The second kappa shape index (κ2) is 10.9. The van der Waals surface area contributed by atoms with Crippen LogP contribution < -0.4 is 16.0 Å². The second-order valence-electron chi connectivity index (χ2n) is 8.47. The van der Waals surface area contributed by atoms with E-state index in [9.17, 15) is 14.3 Å². The lowest BCUT2D eigenvalue weighted by atomic mass is 10.1. The molecule has 1 saturated heterocycles. The van der Waals surface area contributed by atoms with Gasteiger partial charge in [0, 0.05) is 67.1 Å². The predicted octanol–water partition coefficient (Wildman–Crippen LogP) is 3.59. The van der Waals surface area contributed by atoms with Crippen molar-refractivity contribution in [3.63, 3.8) is 0 Å². The van der Waals surface area contributed by atoms with Crippen LogP contribution in [0.4, 0.5) is 25.8 Å². The summed E-state index contributed by atoms with van der Waals surface area (Å²) < 4.78 is 14.2. The van der Waals surface area contributed by atoms with Gasteiger partial charge in [0.1, 0.15) is 18.0 Å². The molecule has 0 radical (unpaired) electrons. The van der Waals surface area contributed by atoms with Crippen LogP contribution in [-0.2, 0) is 19.4 Å². The lowest BCUT2D eigenvalue weighted by molar-refractivity contribution is 0.174. The number of aromatic nitrogens is 3. The van der Waals surface area contributed by atoms with Gasteiger partial charge in [-0.05, 0) is 24.6 Å². The molecule has 2 amide bonds. The van der Waals surface area contributed by atoms with Crippen molar-refractivity contribution in [2.75, 3.05) is 41.3 Å². The molecule has 0 bridgehead atoms. The summed E-state index contributed by atoms with van der Waals surface area (Å²) in [7, 11) is 0.